The molecule has 1 fully saturated rings. The number of nitrogens with zero attached hydrogens (tertiary/aromatic N) is 1. The first-order valence-corrected chi connectivity index (χ1v) is 8.36. The first-order chi connectivity index (χ1) is 10.3. The molecule has 0 unspecified atom stereocenters. The smallest absolute Gasteiger partial charge is 0.254 e. The number of hydrogen-bond acceptors (Lipinski definition) is 2. The van der Waals surface area contributed by atoms with Crippen LogP contribution in [0.2, 0.25) is 0 Å². The van der Waals surface area contributed by atoms with E-state index in [1.807, 2.05) is 24.1 Å². The molecule has 1 aliphatic heterocycles. The molecule has 0 atom stereocenters. The van der Waals surface area contributed by atoms with E-state index in [4.69, 9.17) is 0 Å². The van der Waals surface area contributed by atoms with E-state index in [9.17, 15) is 4.79 Å². The average molecular weight is 286 g/mol. The molecule has 1 aromatic rings. The van der Waals surface area contributed by atoms with Gasteiger partial charge in [-0.15, -0.1) is 0 Å². The molecule has 2 aliphatic rings. The summed E-state index contributed by atoms with van der Waals surface area (Å²) in [7, 11) is 2.00. The molecule has 21 heavy (non-hydrogen) atoms. The van der Waals surface area contributed by atoms with E-state index >= 15 is 0 Å². The first-order valence-electron chi connectivity index (χ1n) is 8.36. The highest BCUT2D eigenvalue weighted by Crippen LogP contribution is 2.25. The highest BCUT2D eigenvalue weighted by atomic mass is 16.2. The lowest BCUT2D eigenvalue weighted by molar-refractivity contribution is 0.0716. The Morgan fingerprint density at radius 2 is 1.95 bits per heavy atom. The predicted molar refractivity (Wildman–Crippen MR) is 85.4 cm³/mol. The zero-order valence-corrected chi connectivity index (χ0v) is 13.0. The summed E-state index contributed by atoms with van der Waals surface area (Å²) in [6.07, 6.45) is 8.47. The van der Waals surface area contributed by atoms with Crippen LogP contribution in [0.5, 0.6) is 0 Å². The van der Waals surface area contributed by atoms with Crippen molar-refractivity contribution in [3.63, 3.8) is 0 Å². The SMILES string of the molecule is CN(C(=O)c1cccc2c1CCNC2)C1CCCCCC1. The molecular weight excluding hydrogens is 260 g/mol. The highest BCUT2D eigenvalue weighted by Gasteiger charge is 2.25. The average Bonchev–Trinajstić information content (AvgIpc) is 2.82. The number of amides is 1. The maximum absolute atomic E-state index is 12.9. The van der Waals surface area contributed by atoms with Gasteiger partial charge in [0.15, 0.2) is 0 Å². The second-order valence-corrected chi connectivity index (χ2v) is 6.43. The van der Waals surface area contributed by atoms with Crippen molar-refractivity contribution in [3.05, 3.63) is 34.9 Å². The van der Waals surface area contributed by atoms with E-state index in [-0.39, 0.29) is 5.91 Å². The third-order valence-corrected chi connectivity index (χ3v) is 5.06. The van der Waals surface area contributed by atoms with Crippen LogP contribution in [0.3, 0.4) is 0 Å². The first kappa shape index (κ1) is 14.6. The van der Waals surface area contributed by atoms with Gasteiger partial charge in [-0.1, -0.05) is 37.8 Å². The van der Waals surface area contributed by atoms with Crippen molar-refractivity contribution in [1.82, 2.24) is 10.2 Å². The van der Waals surface area contributed by atoms with Crippen molar-refractivity contribution < 1.29 is 4.79 Å². The van der Waals surface area contributed by atoms with E-state index in [1.54, 1.807) is 0 Å². The van der Waals surface area contributed by atoms with Crippen molar-refractivity contribution >= 4 is 5.91 Å². The maximum atomic E-state index is 12.9. The quantitative estimate of drug-likeness (QED) is 0.847. The molecule has 114 valence electrons. The van der Waals surface area contributed by atoms with Gasteiger partial charge in [0.2, 0.25) is 0 Å². The number of carbonyl (C=O) groups is 1. The molecule has 1 saturated carbocycles. The molecule has 1 heterocycles. The highest BCUT2D eigenvalue weighted by molar-refractivity contribution is 5.96. The molecule has 1 aliphatic carbocycles. The third-order valence-electron chi connectivity index (χ3n) is 5.06. The summed E-state index contributed by atoms with van der Waals surface area (Å²) in [6.45, 7) is 1.87. The van der Waals surface area contributed by atoms with Crippen LogP contribution >= 0.6 is 0 Å². The van der Waals surface area contributed by atoms with Crippen molar-refractivity contribution in [3.8, 4) is 0 Å². The summed E-state index contributed by atoms with van der Waals surface area (Å²) in [5, 5.41) is 3.38. The summed E-state index contributed by atoms with van der Waals surface area (Å²) in [4.78, 5) is 15.0. The topological polar surface area (TPSA) is 32.3 Å². The summed E-state index contributed by atoms with van der Waals surface area (Å²) in [5.74, 6) is 0.223. The molecule has 0 saturated heterocycles. The van der Waals surface area contributed by atoms with Gasteiger partial charge in [-0.2, -0.15) is 0 Å². The molecule has 0 aromatic heterocycles. The summed E-state index contributed by atoms with van der Waals surface area (Å²) >= 11 is 0. The number of benzene rings is 1. The van der Waals surface area contributed by atoms with Crippen LogP contribution in [0.15, 0.2) is 18.2 Å². The van der Waals surface area contributed by atoms with E-state index < -0.39 is 0 Å². The van der Waals surface area contributed by atoms with Gasteiger partial charge >= 0.3 is 0 Å². The van der Waals surface area contributed by atoms with Crippen molar-refractivity contribution in [1.29, 1.82) is 0 Å². The Morgan fingerprint density at radius 3 is 2.71 bits per heavy atom. The zero-order valence-electron chi connectivity index (χ0n) is 13.0. The number of nitrogens with one attached hydrogen (secondary N) is 1. The van der Waals surface area contributed by atoms with Crippen LogP contribution in [0.1, 0.15) is 60.0 Å². The molecule has 0 spiro atoms. The molecule has 3 nitrogen and oxygen atoms in total. The van der Waals surface area contributed by atoms with E-state index in [0.717, 1.165) is 25.1 Å². The predicted octanol–water partition coefficient (Wildman–Crippen LogP) is 3.13. The molecular formula is C18H26N2O. The minimum Gasteiger partial charge on any atom is -0.339 e. The third kappa shape index (κ3) is 3.13. The Morgan fingerprint density at radius 1 is 1.19 bits per heavy atom. The maximum Gasteiger partial charge on any atom is 0.254 e. The van der Waals surface area contributed by atoms with Gasteiger partial charge in [0.25, 0.3) is 5.91 Å². The fraction of sp³-hybridized carbons (Fsp3) is 0.611. The minimum atomic E-state index is 0.223. The van der Waals surface area contributed by atoms with E-state index in [1.165, 1.54) is 49.7 Å². The minimum absolute atomic E-state index is 0.223. The Labute approximate surface area is 127 Å². The monoisotopic (exact) mass is 286 g/mol. The summed E-state index contributed by atoms with van der Waals surface area (Å²) < 4.78 is 0. The lowest BCUT2D eigenvalue weighted by Gasteiger charge is -2.29. The van der Waals surface area contributed by atoms with Gasteiger partial charge in [0, 0.05) is 25.2 Å². The Kier molecular flexibility index (Phi) is 4.59. The molecule has 0 bridgehead atoms. The van der Waals surface area contributed by atoms with Gasteiger partial charge in [-0.25, -0.2) is 0 Å². The van der Waals surface area contributed by atoms with Crippen molar-refractivity contribution in [2.24, 2.45) is 0 Å². The van der Waals surface area contributed by atoms with Crippen LogP contribution in [-0.4, -0.2) is 30.4 Å². The second-order valence-electron chi connectivity index (χ2n) is 6.43. The standard InChI is InChI=1S/C18H26N2O/c1-20(15-8-4-2-3-5-9-15)18(21)17-10-6-7-14-13-19-12-11-16(14)17/h6-7,10,15,19H,2-5,8-9,11-13H2,1H3. The zero-order chi connectivity index (χ0) is 14.7. The van der Waals surface area contributed by atoms with Crippen LogP contribution in [0, 0.1) is 0 Å². The molecule has 3 rings (SSSR count). The van der Waals surface area contributed by atoms with E-state index in [0.29, 0.717) is 6.04 Å². The summed E-state index contributed by atoms with van der Waals surface area (Å²) in [5.41, 5.74) is 3.49. The number of hydrogen-bond donors (Lipinski definition) is 1. The van der Waals surface area contributed by atoms with Gasteiger partial charge in [0.1, 0.15) is 0 Å². The van der Waals surface area contributed by atoms with Crippen LogP contribution < -0.4 is 5.32 Å². The van der Waals surface area contributed by atoms with Crippen LogP contribution in [-0.2, 0) is 13.0 Å². The van der Waals surface area contributed by atoms with Gasteiger partial charge in [-0.05, 0) is 43.0 Å². The fourth-order valence-electron chi connectivity index (χ4n) is 3.73. The fourth-order valence-corrected chi connectivity index (χ4v) is 3.73. The Balaban J connectivity index is 1.81. The van der Waals surface area contributed by atoms with Crippen molar-refractivity contribution in [2.45, 2.75) is 57.5 Å². The molecule has 3 heteroatoms. The van der Waals surface area contributed by atoms with Crippen LogP contribution in [0.25, 0.3) is 0 Å². The summed E-state index contributed by atoms with van der Waals surface area (Å²) in [6, 6.07) is 6.61. The van der Waals surface area contributed by atoms with Gasteiger partial charge < -0.3 is 10.2 Å². The van der Waals surface area contributed by atoms with Gasteiger partial charge in [0.05, 0.1) is 0 Å². The molecule has 0 radical (unpaired) electrons. The normalized spacial score (nSPS) is 19.7. The second kappa shape index (κ2) is 6.61. The molecule has 1 amide bonds. The Bertz CT molecular complexity index is 504. The van der Waals surface area contributed by atoms with Crippen molar-refractivity contribution in [2.75, 3.05) is 13.6 Å². The molecule has 1 N–H and O–H groups in total. The lowest BCUT2D eigenvalue weighted by atomic mass is 9.94. The van der Waals surface area contributed by atoms with Gasteiger partial charge in [-0.3, -0.25) is 4.79 Å². The number of fused-ring (bicyclic) bond motifs is 1. The number of rotatable bonds is 2. The lowest BCUT2D eigenvalue weighted by Crippen LogP contribution is -2.38. The largest absolute Gasteiger partial charge is 0.339 e. The van der Waals surface area contributed by atoms with E-state index in [2.05, 4.69) is 11.4 Å². The number of carbonyl (C=O) groups excluding carboxylic acids is 1. The molecule has 1 aromatic carbocycles. The Hall–Kier alpha value is -1.35. The van der Waals surface area contributed by atoms with Crippen LogP contribution in [0.4, 0.5) is 0 Å².